The van der Waals surface area contributed by atoms with Crippen molar-refractivity contribution in [2.45, 2.75) is 0 Å². The van der Waals surface area contributed by atoms with Gasteiger partial charge in [0.2, 0.25) is 0 Å². The van der Waals surface area contributed by atoms with Gasteiger partial charge < -0.3 is 15.3 Å². The molecule has 4 aromatic carbocycles. The Hall–Kier alpha value is -3.46. The highest BCUT2D eigenvalue weighted by Crippen LogP contribution is 2.22. The van der Waals surface area contributed by atoms with Crippen LogP contribution in [0.5, 0.6) is 17.2 Å². The first kappa shape index (κ1) is 17.9. The summed E-state index contributed by atoms with van der Waals surface area (Å²) in [5, 5.41) is 28.6. The maximum atomic E-state index is 9.37. The number of hydrogen-bond donors (Lipinski definition) is 3. The fourth-order valence-corrected chi connectivity index (χ4v) is 2.06. The summed E-state index contributed by atoms with van der Waals surface area (Å²) in [4.78, 5) is 0. The van der Waals surface area contributed by atoms with Crippen molar-refractivity contribution < 1.29 is 15.3 Å². The third-order valence-electron chi connectivity index (χ3n) is 3.28. The van der Waals surface area contributed by atoms with Crippen LogP contribution in [0.2, 0.25) is 0 Å². The molecule has 25 heavy (non-hydrogen) atoms. The van der Waals surface area contributed by atoms with E-state index in [2.05, 4.69) is 0 Å². The van der Waals surface area contributed by atoms with Crippen LogP contribution in [0, 0.1) is 0 Å². The van der Waals surface area contributed by atoms with Gasteiger partial charge in [-0.2, -0.15) is 0 Å². The number of phenols is 3. The number of phenolic OH excluding ortho intramolecular Hbond substituents is 3. The number of rotatable bonds is 0. The molecule has 3 N–H and O–H groups in total. The monoisotopic (exact) mass is 332 g/mol. The van der Waals surface area contributed by atoms with Crippen molar-refractivity contribution >= 4 is 10.8 Å². The van der Waals surface area contributed by atoms with Gasteiger partial charge in [-0.1, -0.05) is 72.8 Å². The highest BCUT2D eigenvalue weighted by atomic mass is 16.3. The van der Waals surface area contributed by atoms with E-state index < -0.39 is 0 Å². The summed E-state index contributed by atoms with van der Waals surface area (Å²) < 4.78 is 0. The molecule has 0 bridgehead atoms. The molecule has 0 spiro atoms. The lowest BCUT2D eigenvalue weighted by Gasteiger charge is -1.97. The van der Waals surface area contributed by atoms with Crippen molar-refractivity contribution in [3.63, 3.8) is 0 Å². The average molecular weight is 332 g/mol. The minimum absolute atomic E-state index is 0.322. The zero-order chi connectivity index (χ0) is 17.9. The Morgan fingerprint density at radius 1 is 0.400 bits per heavy atom. The van der Waals surface area contributed by atoms with E-state index in [0.29, 0.717) is 17.2 Å². The second-order valence-electron chi connectivity index (χ2n) is 5.17. The minimum Gasteiger partial charge on any atom is -0.508 e. The normalized spacial score (nSPS) is 9.28. The Morgan fingerprint density at radius 3 is 1.28 bits per heavy atom. The molecule has 0 fully saturated rings. The summed E-state index contributed by atoms with van der Waals surface area (Å²) >= 11 is 0. The maximum Gasteiger partial charge on any atom is 0.123 e. The second kappa shape index (κ2) is 9.63. The Balaban J connectivity index is 0.000000142. The topological polar surface area (TPSA) is 60.7 Å². The molecule has 0 heterocycles. The first-order valence-electron chi connectivity index (χ1n) is 7.81. The molecule has 0 saturated heterocycles. The van der Waals surface area contributed by atoms with Crippen molar-refractivity contribution in [1.29, 1.82) is 0 Å². The second-order valence-corrected chi connectivity index (χ2v) is 5.17. The molecule has 0 amide bonds. The van der Waals surface area contributed by atoms with Crippen LogP contribution in [0.25, 0.3) is 10.8 Å². The first-order valence-corrected chi connectivity index (χ1v) is 7.81. The third kappa shape index (κ3) is 6.28. The zero-order valence-corrected chi connectivity index (χ0v) is 13.7. The Kier molecular flexibility index (Phi) is 6.89. The van der Waals surface area contributed by atoms with Gasteiger partial charge in [-0.3, -0.25) is 0 Å². The molecule has 0 radical (unpaired) electrons. The summed E-state index contributed by atoms with van der Waals surface area (Å²) in [7, 11) is 0. The highest BCUT2D eigenvalue weighted by Gasteiger charge is 1.94. The molecule has 3 heteroatoms. The van der Waals surface area contributed by atoms with Crippen molar-refractivity contribution in [2.24, 2.45) is 0 Å². The van der Waals surface area contributed by atoms with Crippen molar-refractivity contribution in [3.05, 3.63) is 103 Å². The highest BCUT2D eigenvalue weighted by molar-refractivity contribution is 5.87. The van der Waals surface area contributed by atoms with Crippen LogP contribution in [0.1, 0.15) is 0 Å². The van der Waals surface area contributed by atoms with E-state index in [0.717, 1.165) is 10.8 Å². The van der Waals surface area contributed by atoms with E-state index in [1.54, 1.807) is 54.6 Å². The van der Waals surface area contributed by atoms with E-state index in [-0.39, 0.29) is 0 Å². The van der Waals surface area contributed by atoms with Crippen LogP contribution in [0.15, 0.2) is 103 Å². The van der Waals surface area contributed by atoms with Crippen LogP contribution >= 0.6 is 0 Å². The number of benzene rings is 4. The van der Waals surface area contributed by atoms with Crippen LogP contribution in [-0.4, -0.2) is 15.3 Å². The van der Waals surface area contributed by atoms with E-state index in [1.807, 2.05) is 48.5 Å². The van der Waals surface area contributed by atoms with Gasteiger partial charge in [0.1, 0.15) is 17.2 Å². The van der Waals surface area contributed by atoms with E-state index >= 15 is 0 Å². The SMILES string of the molecule is Oc1cccc2ccccc12.Oc1ccccc1.Oc1ccccc1. The van der Waals surface area contributed by atoms with Crippen LogP contribution in [-0.2, 0) is 0 Å². The molecule has 0 aliphatic rings. The van der Waals surface area contributed by atoms with Crippen LogP contribution < -0.4 is 0 Å². The Labute approximate surface area is 147 Å². The summed E-state index contributed by atoms with van der Waals surface area (Å²) in [6, 6.07) is 30.7. The molecule has 0 saturated carbocycles. The van der Waals surface area contributed by atoms with Crippen LogP contribution in [0.3, 0.4) is 0 Å². The zero-order valence-electron chi connectivity index (χ0n) is 13.7. The molecule has 126 valence electrons. The fourth-order valence-electron chi connectivity index (χ4n) is 2.06. The summed E-state index contributed by atoms with van der Waals surface area (Å²) in [6.45, 7) is 0. The molecular formula is C22H20O3. The van der Waals surface area contributed by atoms with Crippen molar-refractivity contribution in [1.82, 2.24) is 0 Å². The maximum absolute atomic E-state index is 9.37. The molecule has 0 atom stereocenters. The standard InChI is InChI=1S/C10H8O.2C6H6O/c11-10-7-3-5-8-4-1-2-6-9(8)10;2*7-6-4-2-1-3-5-6/h1-7,11H;2*1-5,7H. The summed E-state index contributed by atoms with van der Waals surface area (Å²) in [6.07, 6.45) is 0. The Bertz CT molecular complexity index is 832. The number of fused-ring (bicyclic) bond motifs is 1. The number of para-hydroxylation sites is 2. The molecule has 0 aromatic heterocycles. The molecule has 4 rings (SSSR count). The molecule has 3 nitrogen and oxygen atoms in total. The van der Waals surface area contributed by atoms with Crippen LogP contribution in [0.4, 0.5) is 0 Å². The van der Waals surface area contributed by atoms with Gasteiger partial charge in [-0.05, 0) is 35.7 Å². The van der Waals surface area contributed by atoms with Crippen molar-refractivity contribution in [3.8, 4) is 17.2 Å². The summed E-state index contributed by atoms with van der Waals surface area (Å²) in [5.41, 5.74) is 0. The number of aromatic hydroxyl groups is 3. The fraction of sp³-hybridized carbons (Fsp3) is 0. The quantitative estimate of drug-likeness (QED) is 0.408. The lowest BCUT2D eigenvalue weighted by molar-refractivity contribution is 0.475. The third-order valence-corrected chi connectivity index (χ3v) is 3.28. The molecular weight excluding hydrogens is 312 g/mol. The van der Waals surface area contributed by atoms with Gasteiger partial charge in [0.25, 0.3) is 0 Å². The van der Waals surface area contributed by atoms with Gasteiger partial charge in [0, 0.05) is 5.39 Å². The lowest BCUT2D eigenvalue weighted by Crippen LogP contribution is -1.70. The molecule has 0 unspecified atom stereocenters. The van der Waals surface area contributed by atoms with E-state index in [4.69, 9.17) is 10.2 Å². The summed E-state index contributed by atoms with van der Waals surface area (Å²) in [5.74, 6) is 0.994. The lowest BCUT2D eigenvalue weighted by atomic mass is 10.1. The van der Waals surface area contributed by atoms with Gasteiger partial charge in [-0.15, -0.1) is 0 Å². The van der Waals surface area contributed by atoms with Gasteiger partial charge in [0.15, 0.2) is 0 Å². The van der Waals surface area contributed by atoms with E-state index in [9.17, 15) is 5.11 Å². The van der Waals surface area contributed by atoms with Gasteiger partial charge in [0.05, 0.1) is 0 Å². The Morgan fingerprint density at radius 2 is 0.840 bits per heavy atom. The molecule has 4 aromatic rings. The molecule has 0 aliphatic carbocycles. The molecule has 0 aliphatic heterocycles. The van der Waals surface area contributed by atoms with Gasteiger partial charge >= 0.3 is 0 Å². The average Bonchev–Trinajstić information content (AvgIpc) is 2.65. The smallest absolute Gasteiger partial charge is 0.123 e. The minimum atomic E-state index is 0.322. The predicted octanol–water partition coefficient (Wildman–Crippen LogP) is 5.33. The first-order chi connectivity index (χ1) is 12.2. The number of hydrogen-bond acceptors (Lipinski definition) is 3. The van der Waals surface area contributed by atoms with E-state index in [1.165, 1.54) is 0 Å². The van der Waals surface area contributed by atoms with Crippen molar-refractivity contribution in [2.75, 3.05) is 0 Å². The predicted molar refractivity (Wildman–Crippen MR) is 102 cm³/mol. The largest absolute Gasteiger partial charge is 0.508 e. The van der Waals surface area contributed by atoms with Gasteiger partial charge in [-0.25, -0.2) is 0 Å².